The van der Waals surface area contributed by atoms with Gasteiger partial charge in [-0.1, -0.05) is 0 Å². The zero-order valence-corrected chi connectivity index (χ0v) is 37.0. The third-order valence-corrected chi connectivity index (χ3v) is 9.76. The molecule has 0 atom stereocenters. The van der Waals surface area contributed by atoms with Crippen LogP contribution in [0, 0.1) is 6.92 Å². The van der Waals surface area contributed by atoms with E-state index in [4.69, 9.17) is 28.7 Å². The molecule has 20 nitrogen and oxygen atoms in total. The quantitative estimate of drug-likeness (QED) is 0.0500. The van der Waals surface area contributed by atoms with Crippen LogP contribution in [0.1, 0.15) is 5.56 Å². The molecule has 0 amide bonds. The van der Waals surface area contributed by atoms with Crippen LogP contribution in [0.3, 0.4) is 0 Å². The summed E-state index contributed by atoms with van der Waals surface area (Å²) in [6.45, 7) is 1.63. The van der Waals surface area contributed by atoms with Crippen molar-refractivity contribution >= 4 is 105 Å². The van der Waals surface area contributed by atoms with Crippen LogP contribution < -0.4 is 87.8 Å². The van der Waals surface area contributed by atoms with E-state index in [0.717, 1.165) is 0 Å². The molecule has 0 aliphatic carbocycles. The smallest absolute Gasteiger partial charge is 0.744 e. The molecule has 0 aliphatic heterocycles. The standard InChI is InChI=1S/C35H31N13O7S2.2Na/c1-17-12-23(43-46-28-10-3-20(37)16-25(28)39)8-11-26(17)44-48-34-30(57(53,54)55)14-18-13-29(56(50,51)52)33(32(40)31(18)35(34)49)47-42-22-6-4-21(5-7-22)41-45-27-9-2-19(36)15-24(27)38;;/h2-16,49H,36-40H2,1H3,(H,50,51,52)(H,53,54,55);;/q;2*+1/p-2. The molecule has 0 aromatic heterocycles. The Morgan fingerprint density at radius 2 is 0.915 bits per heavy atom. The Morgan fingerprint density at radius 3 is 1.39 bits per heavy atom. The molecule has 0 spiro atoms. The molecule has 59 heavy (non-hydrogen) atoms. The van der Waals surface area contributed by atoms with Crippen molar-refractivity contribution in [3.63, 3.8) is 0 Å². The Labute approximate surface area is 380 Å². The molecule has 0 radical (unpaired) electrons. The van der Waals surface area contributed by atoms with Crippen molar-refractivity contribution in [2.24, 2.45) is 40.9 Å². The maximum atomic E-state index is 12.4. The first kappa shape index (κ1) is 46.3. The molecule has 6 aromatic carbocycles. The molecule has 0 bridgehead atoms. The van der Waals surface area contributed by atoms with E-state index in [1.165, 1.54) is 48.5 Å². The van der Waals surface area contributed by atoms with E-state index < -0.39 is 63.6 Å². The number of aryl methyl sites for hydroxylation is 1. The number of fused-ring (bicyclic) bond motifs is 1. The number of nitrogens with zero attached hydrogens (tertiary/aromatic N) is 8. The van der Waals surface area contributed by atoms with Crippen LogP contribution >= 0.6 is 0 Å². The summed E-state index contributed by atoms with van der Waals surface area (Å²) in [5, 5.41) is 42.8. The van der Waals surface area contributed by atoms with Gasteiger partial charge in [0.15, 0.2) is 5.75 Å². The van der Waals surface area contributed by atoms with E-state index in [1.54, 1.807) is 37.3 Å². The number of benzene rings is 6. The predicted molar refractivity (Wildman–Crippen MR) is 211 cm³/mol. The number of nitrogens with two attached hydrogens (primary N) is 5. The topological polar surface area (TPSA) is 364 Å². The van der Waals surface area contributed by atoms with Gasteiger partial charge in [0, 0.05) is 11.4 Å². The number of aromatic hydroxyl groups is 1. The van der Waals surface area contributed by atoms with Crippen LogP contribution in [0.25, 0.3) is 10.8 Å². The number of phenols is 1. The number of azo groups is 4. The van der Waals surface area contributed by atoms with Gasteiger partial charge in [-0.05, 0) is 109 Å². The van der Waals surface area contributed by atoms with Crippen LogP contribution in [-0.2, 0) is 20.2 Å². The molecule has 0 heterocycles. The van der Waals surface area contributed by atoms with Gasteiger partial charge < -0.3 is 42.9 Å². The van der Waals surface area contributed by atoms with Crippen molar-refractivity contribution in [1.29, 1.82) is 0 Å². The molecule has 0 unspecified atom stereocenters. The zero-order valence-electron chi connectivity index (χ0n) is 31.3. The van der Waals surface area contributed by atoms with Gasteiger partial charge in [0.25, 0.3) is 0 Å². The summed E-state index contributed by atoms with van der Waals surface area (Å²) in [7, 11) is -10.8. The maximum absolute atomic E-state index is 12.4. The van der Waals surface area contributed by atoms with E-state index in [-0.39, 0.29) is 70.5 Å². The number of rotatable bonds is 10. The summed E-state index contributed by atoms with van der Waals surface area (Å²) >= 11 is 0. The van der Waals surface area contributed by atoms with Gasteiger partial charge in [-0.3, -0.25) is 0 Å². The van der Waals surface area contributed by atoms with E-state index in [0.29, 0.717) is 63.2 Å². The van der Waals surface area contributed by atoms with Crippen LogP contribution in [0.4, 0.5) is 73.9 Å². The van der Waals surface area contributed by atoms with Crippen molar-refractivity contribution in [1.82, 2.24) is 0 Å². The number of nitrogen functional groups attached to an aromatic ring is 5. The minimum atomic E-state index is -5.40. The molecule has 6 rings (SSSR count). The number of hydrogen-bond donors (Lipinski definition) is 6. The van der Waals surface area contributed by atoms with Gasteiger partial charge >= 0.3 is 59.1 Å². The largest absolute Gasteiger partial charge is 1.00 e. The summed E-state index contributed by atoms with van der Waals surface area (Å²) in [4.78, 5) is -2.10. The van der Waals surface area contributed by atoms with Crippen molar-refractivity contribution in [3.8, 4) is 5.75 Å². The number of phenolic OH excluding ortho intramolecular Hbond substituents is 1. The summed E-state index contributed by atoms with van der Waals surface area (Å²) in [5.74, 6) is -0.977. The number of anilines is 5. The maximum Gasteiger partial charge on any atom is 1.00 e. The third kappa shape index (κ3) is 10.8. The average molecular weight is 854 g/mol. The van der Waals surface area contributed by atoms with Crippen LogP contribution in [0.2, 0.25) is 0 Å². The monoisotopic (exact) mass is 853 g/mol. The van der Waals surface area contributed by atoms with Gasteiger partial charge in [0.1, 0.15) is 43.0 Å². The normalized spacial score (nSPS) is 12.1. The molecular formula is C35H29N13Na2O7S2. The average Bonchev–Trinajstić information content (AvgIpc) is 3.13. The third-order valence-electron chi connectivity index (χ3n) is 8.06. The Bertz CT molecular complexity index is 2950. The predicted octanol–water partition coefficient (Wildman–Crippen LogP) is 2.24. The molecule has 0 saturated heterocycles. The fourth-order valence-corrected chi connectivity index (χ4v) is 6.56. The first-order chi connectivity index (χ1) is 26.9. The Morgan fingerprint density at radius 1 is 0.508 bits per heavy atom. The molecule has 11 N–H and O–H groups in total. The zero-order chi connectivity index (χ0) is 41.2. The first-order valence-corrected chi connectivity index (χ1v) is 18.9. The van der Waals surface area contributed by atoms with Crippen LogP contribution in [0.15, 0.2) is 142 Å². The molecule has 6 aromatic rings. The minimum Gasteiger partial charge on any atom is -0.744 e. The van der Waals surface area contributed by atoms with Gasteiger partial charge in [-0.15, -0.1) is 20.5 Å². The van der Waals surface area contributed by atoms with Crippen molar-refractivity contribution < 1.29 is 90.2 Å². The van der Waals surface area contributed by atoms with Gasteiger partial charge in [0.2, 0.25) is 0 Å². The van der Waals surface area contributed by atoms with Crippen LogP contribution in [0.5, 0.6) is 5.75 Å². The molecule has 0 saturated carbocycles. The summed E-state index contributed by atoms with van der Waals surface area (Å²) in [5.41, 5.74) is 31.3. The second-order valence-electron chi connectivity index (χ2n) is 12.1. The Kier molecular flexibility index (Phi) is 14.7. The summed E-state index contributed by atoms with van der Waals surface area (Å²) < 4.78 is 74.3. The molecule has 0 fully saturated rings. The van der Waals surface area contributed by atoms with E-state index >= 15 is 0 Å². The molecule has 24 heteroatoms. The van der Waals surface area contributed by atoms with E-state index in [9.17, 15) is 31.0 Å². The fourth-order valence-electron chi connectivity index (χ4n) is 5.26. The summed E-state index contributed by atoms with van der Waals surface area (Å²) in [6.07, 6.45) is 0. The van der Waals surface area contributed by atoms with Crippen molar-refractivity contribution in [2.75, 3.05) is 28.7 Å². The van der Waals surface area contributed by atoms with Crippen molar-refractivity contribution in [2.45, 2.75) is 16.7 Å². The second-order valence-corrected chi connectivity index (χ2v) is 14.8. The first-order valence-electron chi connectivity index (χ1n) is 16.1. The fraction of sp³-hybridized carbons (Fsp3) is 0.0286. The van der Waals surface area contributed by atoms with Crippen molar-refractivity contribution in [3.05, 3.63) is 96.6 Å². The molecular weight excluding hydrogens is 825 g/mol. The molecule has 290 valence electrons. The minimum absolute atomic E-state index is 0. The van der Waals surface area contributed by atoms with Gasteiger partial charge in [0.05, 0.1) is 55.0 Å². The second kappa shape index (κ2) is 18.7. The molecule has 0 aliphatic rings. The van der Waals surface area contributed by atoms with E-state index in [1.807, 2.05) is 0 Å². The van der Waals surface area contributed by atoms with Crippen LogP contribution in [-0.4, -0.2) is 31.0 Å². The Hall–Kier alpha value is -5.40. The van der Waals surface area contributed by atoms with Gasteiger partial charge in [-0.25, -0.2) is 16.8 Å². The summed E-state index contributed by atoms with van der Waals surface area (Å²) in [6, 6.07) is 21.3. The van der Waals surface area contributed by atoms with E-state index in [2.05, 4.69) is 40.9 Å². The Balaban J connectivity index is 0.00000384. The SMILES string of the molecule is Cc1cc(N=Nc2ccc(N)cc2N)ccc1N=Nc1c(S(=O)(=O)[O-])cc2cc(S(=O)(=O)[O-])c(N=Nc3ccc(N=Nc4ccc(N)cc4N)cc3)c(N)c2c1O.[Na+].[Na+]. The van der Waals surface area contributed by atoms with Gasteiger partial charge in [-0.2, -0.15) is 20.5 Å². The number of hydrogen-bond acceptors (Lipinski definition) is 20.